The van der Waals surface area contributed by atoms with Gasteiger partial charge in [-0.3, -0.25) is 9.59 Å². The Morgan fingerprint density at radius 3 is 2.60 bits per heavy atom. The van der Waals surface area contributed by atoms with Crippen LogP contribution in [0.4, 0.5) is 5.69 Å². The van der Waals surface area contributed by atoms with Gasteiger partial charge in [0.15, 0.2) is 11.5 Å². The van der Waals surface area contributed by atoms with Gasteiger partial charge < -0.3 is 24.2 Å². The summed E-state index contributed by atoms with van der Waals surface area (Å²) >= 11 is 0. The van der Waals surface area contributed by atoms with E-state index < -0.39 is 0 Å². The van der Waals surface area contributed by atoms with E-state index in [2.05, 4.69) is 22.4 Å². The van der Waals surface area contributed by atoms with Crippen LogP contribution in [-0.2, 0) is 22.4 Å². The SMILES string of the molecule is CCc1ccc(-c2noc(CCC(=O)N3CCC(C(=O)Nc4ccc5c(c4)OCO5)CC3)n2)cc1. The van der Waals surface area contributed by atoms with E-state index in [1.54, 1.807) is 18.2 Å². The summed E-state index contributed by atoms with van der Waals surface area (Å²) in [6, 6.07) is 13.4. The average molecular weight is 477 g/mol. The summed E-state index contributed by atoms with van der Waals surface area (Å²) in [5.74, 6) is 2.15. The number of hydrogen-bond donors (Lipinski definition) is 1. The first-order valence-electron chi connectivity index (χ1n) is 12.0. The molecule has 35 heavy (non-hydrogen) atoms. The average Bonchev–Trinajstić information content (AvgIpc) is 3.57. The van der Waals surface area contributed by atoms with Crippen LogP contribution in [0.25, 0.3) is 11.4 Å². The quantitative estimate of drug-likeness (QED) is 0.552. The van der Waals surface area contributed by atoms with Crippen molar-refractivity contribution in [3.05, 3.63) is 53.9 Å². The largest absolute Gasteiger partial charge is 0.454 e. The molecule has 2 aliphatic rings. The zero-order chi connectivity index (χ0) is 24.2. The van der Waals surface area contributed by atoms with Crippen molar-refractivity contribution >= 4 is 17.5 Å². The highest BCUT2D eigenvalue weighted by Gasteiger charge is 2.28. The molecule has 182 valence electrons. The van der Waals surface area contributed by atoms with Crippen molar-refractivity contribution in [1.29, 1.82) is 0 Å². The molecule has 9 heteroatoms. The molecule has 5 rings (SSSR count). The minimum Gasteiger partial charge on any atom is -0.454 e. The van der Waals surface area contributed by atoms with Crippen LogP contribution in [0.3, 0.4) is 0 Å². The summed E-state index contributed by atoms with van der Waals surface area (Å²) in [6.07, 6.45) is 2.91. The number of likely N-dealkylation sites (tertiary alicyclic amines) is 1. The molecule has 0 bridgehead atoms. The van der Waals surface area contributed by atoms with Gasteiger partial charge in [-0.05, 0) is 37.0 Å². The topological polar surface area (TPSA) is 107 Å². The first-order valence-corrected chi connectivity index (χ1v) is 12.0. The van der Waals surface area contributed by atoms with E-state index in [0.717, 1.165) is 12.0 Å². The summed E-state index contributed by atoms with van der Waals surface area (Å²) in [7, 11) is 0. The molecule has 1 aromatic heterocycles. The lowest BCUT2D eigenvalue weighted by Crippen LogP contribution is -2.41. The van der Waals surface area contributed by atoms with Crippen molar-refractivity contribution < 1.29 is 23.6 Å². The Labute approximate surface area is 203 Å². The maximum atomic E-state index is 12.7. The molecular formula is C26H28N4O5. The normalized spacial score (nSPS) is 15.3. The number of ether oxygens (including phenoxy) is 2. The van der Waals surface area contributed by atoms with E-state index in [1.165, 1.54) is 5.56 Å². The van der Waals surface area contributed by atoms with E-state index in [4.69, 9.17) is 14.0 Å². The molecule has 0 unspecified atom stereocenters. The Hall–Kier alpha value is -3.88. The van der Waals surface area contributed by atoms with Crippen molar-refractivity contribution in [3.8, 4) is 22.9 Å². The predicted molar refractivity (Wildman–Crippen MR) is 128 cm³/mol. The number of nitrogens with one attached hydrogen (secondary N) is 1. The van der Waals surface area contributed by atoms with Crippen molar-refractivity contribution in [1.82, 2.24) is 15.0 Å². The van der Waals surface area contributed by atoms with Gasteiger partial charge in [-0.25, -0.2) is 0 Å². The van der Waals surface area contributed by atoms with E-state index in [1.807, 2.05) is 29.2 Å². The van der Waals surface area contributed by atoms with Gasteiger partial charge >= 0.3 is 0 Å². The van der Waals surface area contributed by atoms with E-state index in [-0.39, 0.29) is 24.5 Å². The molecule has 2 aliphatic heterocycles. The Bertz CT molecular complexity index is 1200. The molecule has 0 atom stereocenters. The second-order valence-electron chi connectivity index (χ2n) is 8.77. The lowest BCUT2D eigenvalue weighted by molar-refractivity contribution is -0.134. The molecule has 3 heterocycles. The van der Waals surface area contributed by atoms with E-state index >= 15 is 0 Å². The number of carbonyl (C=O) groups excluding carboxylic acids is 2. The monoisotopic (exact) mass is 476 g/mol. The Morgan fingerprint density at radius 2 is 1.83 bits per heavy atom. The molecule has 2 amide bonds. The van der Waals surface area contributed by atoms with E-state index in [0.29, 0.717) is 67.7 Å². The number of aryl methyl sites for hydroxylation is 2. The van der Waals surface area contributed by atoms with Crippen LogP contribution in [0.1, 0.15) is 37.6 Å². The maximum absolute atomic E-state index is 12.7. The molecule has 1 fully saturated rings. The lowest BCUT2D eigenvalue weighted by atomic mass is 9.95. The van der Waals surface area contributed by atoms with Gasteiger partial charge in [0, 0.05) is 49.2 Å². The number of rotatable bonds is 7. The van der Waals surface area contributed by atoms with E-state index in [9.17, 15) is 9.59 Å². The minimum atomic E-state index is -0.137. The van der Waals surface area contributed by atoms with Crippen LogP contribution in [-0.4, -0.2) is 46.7 Å². The molecule has 0 spiro atoms. The van der Waals surface area contributed by atoms with Crippen molar-refractivity contribution in [2.75, 3.05) is 25.2 Å². The summed E-state index contributed by atoms with van der Waals surface area (Å²) in [5, 5.41) is 6.99. The number of carbonyl (C=O) groups is 2. The van der Waals surface area contributed by atoms with Gasteiger partial charge in [-0.15, -0.1) is 0 Å². The highest BCUT2D eigenvalue weighted by atomic mass is 16.7. The third-order valence-electron chi connectivity index (χ3n) is 6.50. The summed E-state index contributed by atoms with van der Waals surface area (Å²) in [4.78, 5) is 31.6. The third kappa shape index (κ3) is 5.29. The zero-order valence-electron chi connectivity index (χ0n) is 19.7. The Kier molecular flexibility index (Phi) is 6.65. The van der Waals surface area contributed by atoms with Crippen LogP contribution in [0.5, 0.6) is 11.5 Å². The number of piperidine rings is 1. The second-order valence-corrected chi connectivity index (χ2v) is 8.77. The van der Waals surface area contributed by atoms with Crippen LogP contribution >= 0.6 is 0 Å². The molecule has 1 saturated heterocycles. The van der Waals surface area contributed by atoms with Crippen molar-refractivity contribution in [2.24, 2.45) is 5.92 Å². The number of benzene rings is 2. The molecule has 3 aromatic rings. The first kappa shape index (κ1) is 22.9. The molecule has 0 radical (unpaired) electrons. The number of hydrogen-bond acceptors (Lipinski definition) is 7. The summed E-state index contributed by atoms with van der Waals surface area (Å²) < 4.78 is 16.0. The number of nitrogens with zero attached hydrogens (tertiary/aromatic N) is 3. The number of anilines is 1. The number of fused-ring (bicyclic) bond motifs is 1. The van der Waals surface area contributed by atoms with Crippen molar-refractivity contribution in [2.45, 2.75) is 39.0 Å². The molecule has 2 aromatic carbocycles. The summed E-state index contributed by atoms with van der Waals surface area (Å²) in [5.41, 5.74) is 2.82. The van der Waals surface area contributed by atoms with Crippen LogP contribution < -0.4 is 14.8 Å². The molecular weight excluding hydrogens is 448 g/mol. The molecule has 9 nitrogen and oxygen atoms in total. The third-order valence-corrected chi connectivity index (χ3v) is 6.50. The highest BCUT2D eigenvalue weighted by Crippen LogP contribution is 2.34. The van der Waals surface area contributed by atoms with Crippen molar-refractivity contribution in [3.63, 3.8) is 0 Å². The standard InChI is InChI=1S/C26H28N4O5/c1-2-17-3-5-18(6-4-17)25-28-23(35-29-25)9-10-24(31)30-13-11-19(12-14-30)26(32)27-20-7-8-21-22(15-20)34-16-33-21/h3-8,15,19H,2,9-14,16H2,1H3,(H,27,32). The second kappa shape index (κ2) is 10.2. The first-order chi connectivity index (χ1) is 17.1. The van der Waals surface area contributed by atoms with Gasteiger partial charge in [-0.2, -0.15) is 4.98 Å². The van der Waals surface area contributed by atoms with Crippen LogP contribution in [0.15, 0.2) is 47.0 Å². The Morgan fingerprint density at radius 1 is 1.06 bits per heavy atom. The van der Waals surface area contributed by atoms with Gasteiger partial charge in [0.2, 0.25) is 30.3 Å². The van der Waals surface area contributed by atoms with Gasteiger partial charge in [0.05, 0.1) is 0 Å². The molecule has 0 saturated carbocycles. The zero-order valence-corrected chi connectivity index (χ0v) is 19.7. The predicted octanol–water partition coefficient (Wildman–Crippen LogP) is 3.84. The smallest absolute Gasteiger partial charge is 0.231 e. The fourth-order valence-corrected chi connectivity index (χ4v) is 4.34. The van der Waals surface area contributed by atoms with Crippen LogP contribution in [0.2, 0.25) is 0 Å². The van der Waals surface area contributed by atoms with Gasteiger partial charge in [0.25, 0.3) is 0 Å². The Balaban J connectivity index is 1.07. The molecule has 0 aliphatic carbocycles. The lowest BCUT2D eigenvalue weighted by Gasteiger charge is -2.31. The van der Waals surface area contributed by atoms with Gasteiger partial charge in [0.1, 0.15) is 0 Å². The minimum absolute atomic E-state index is 0.0340. The number of aromatic nitrogens is 2. The fraction of sp³-hybridized carbons (Fsp3) is 0.385. The highest BCUT2D eigenvalue weighted by molar-refractivity contribution is 5.93. The van der Waals surface area contributed by atoms with Gasteiger partial charge in [-0.1, -0.05) is 36.3 Å². The molecule has 1 N–H and O–H groups in total. The van der Waals surface area contributed by atoms with Crippen LogP contribution in [0, 0.1) is 5.92 Å². The summed E-state index contributed by atoms with van der Waals surface area (Å²) in [6.45, 7) is 3.41. The number of amides is 2. The fourth-order valence-electron chi connectivity index (χ4n) is 4.34. The maximum Gasteiger partial charge on any atom is 0.231 e.